The van der Waals surface area contributed by atoms with Crippen LogP contribution in [0.4, 0.5) is 5.69 Å². The lowest BCUT2D eigenvalue weighted by Crippen LogP contribution is -2.35. The molecule has 1 aromatic rings. The summed E-state index contributed by atoms with van der Waals surface area (Å²) >= 11 is 5.09. The van der Waals surface area contributed by atoms with Crippen LogP contribution in [0.2, 0.25) is 0 Å². The van der Waals surface area contributed by atoms with Crippen molar-refractivity contribution in [3.05, 3.63) is 29.8 Å². The first-order valence-electron chi connectivity index (χ1n) is 5.72. The van der Waals surface area contributed by atoms with Crippen molar-refractivity contribution in [3.8, 4) is 0 Å². The number of ether oxygens (including phenoxy) is 1. The Morgan fingerprint density at radius 1 is 1.41 bits per heavy atom. The normalized spacial score (nSPS) is 10.6. The fourth-order valence-electron chi connectivity index (χ4n) is 1.78. The second kappa shape index (κ2) is 6.57. The van der Waals surface area contributed by atoms with Gasteiger partial charge in [-0.15, -0.1) is 0 Å². The summed E-state index contributed by atoms with van der Waals surface area (Å²) in [5, 5.41) is 0. The smallest absolute Gasteiger partial charge is 0.106 e. The third-order valence-corrected chi connectivity index (χ3v) is 2.86. The van der Waals surface area contributed by atoms with Crippen molar-refractivity contribution in [3.63, 3.8) is 0 Å². The molecule has 94 valence electrons. The number of para-hydroxylation sites is 1. The molecule has 0 saturated carbocycles. The van der Waals surface area contributed by atoms with Gasteiger partial charge in [0.1, 0.15) is 4.99 Å². The first kappa shape index (κ1) is 13.9. The van der Waals surface area contributed by atoms with E-state index in [1.165, 1.54) is 0 Å². The molecule has 2 N–H and O–H groups in total. The molecule has 0 fully saturated rings. The molecule has 0 bridgehead atoms. The molecule has 0 aromatic heterocycles. The molecule has 3 nitrogen and oxygen atoms in total. The summed E-state index contributed by atoms with van der Waals surface area (Å²) in [6, 6.07) is 8.33. The molecule has 17 heavy (non-hydrogen) atoms. The number of nitrogens with zero attached hydrogens (tertiary/aromatic N) is 1. The molecule has 0 saturated heterocycles. The summed E-state index contributed by atoms with van der Waals surface area (Å²) in [6.07, 6.45) is 0. The van der Waals surface area contributed by atoms with Crippen molar-refractivity contribution < 1.29 is 4.74 Å². The Morgan fingerprint density at radius 2 is 2.06 bits per heavy atom. The second-order valence-electron chi connectivity index (χ2n) is 4.16. The Labute approximate surface area is 109 Å². The summed E-state index contributed by atoms with van der Waals surface area (Å²) in [7, 11) is 1.71. The Balaban J connectivity index is 3.04. The van der Waals surface area contributed by atoms with E-state index in [2.05, 4.69) is 18.7 Å². The van der Waals surface area contributed by atoms with E-state index in [1.807, 2.05) is 24.3 Å². The van der Waals surface area contributed by atoms with Crippen LogP contribution in [0.5, 0.6) is 0 Å². The van der Waals surface area contributed by atoms with E-state index in [1.54, 1.807) is 7.11 Å². The van der Waals surface area contributed by atoms with Gasteiger partial charge in [-0.1, -0.05) is 24.4 Å². The van der Waals surface area contributed by atoms with Gasteiger partial charge in [0.15, 0.2) is 0 Å². The third kappa shape index (κ3) is 3.68. The average Bonchev–Trinajstić information content (AvgIpc) is 2.29. The highest BCUT2D eigenvalue weighted by Gasteiger charge is 2.14. The van der Waals surface area contributed by atoms with Crippen LogP contribution in [0, 0.1) is 0 Å². The Kier molecular flexibility index (Phi) is 5.38. The molecule has 0 aliphatic heterocycles. The predicted molar refractivity (Wildman–Crippen MR) is 76.7 cm³/mol. The number of thiocarbonyl (C=S) groups is 1. The minimum Gasteiger partial charge on any atom is -0.389 e. The van der Waals surface area contributed by atoms with Gasteiger partial charge in [-0.2, -0.15) is 0 Å². The van der Waals surface area contributed by atoms with Gasteiger partial charge >= 0.3 is 0 Å². The van der Waals surface area contributed by atoms with Gasteiger partial charge in [0, 0.05) is 30.9 Å². The number of methoxy groups -OCH3 is 1. The maximum absolute atomic E-state index is 5.75. The quantitative estimate of drug-likeness (QED) is 0.788. The van der Waals surface area contributed by atoms with Gasteiger partial charge in [-0.05, 0) is 26.0 Å². The lowest BCUT2D eigenvalue weighted by Gasteiger charge is -2.30. The summed E-state index contributed by atoms with van der Waals surface area (Å²) in [6.45, 7) is 5.80. The highest BCUT2D eigenvalue weighted by Crippen LogP contribution is 2.22. The van der Waals surface area contributed by atoms with E-state index in [0.29, 0.717) is 17.6 Å². The van der Waals surface area contributed by atoms with Gasteiger partial charge < -0.3 is 15.4 Å². The van der Waals surface area contributed by atoms with Crippen molar-refractivity contribution in [2.24, 2.45) is 5.73 Å². The zero-order chi connectivity index (χ0) is 12.8. The molecule has 0 heterocycles. The summed E-state index contributed by atoms with van der Waals surface area (Å²) < 4.78 is 5.14. The van der Waals surface area contributed by atoms with Crippen LogP contribution in [0.15, 0.2) is 24.3 Å². The van der Waals surface area contributed by atoms with Crippen LogP contribution < -0.4 is 10.6 Å². The largest absolute Gasteiger partial charge is 0.389 e. The Morgan fingerprint density at radius 3 is 2.59 bits per heavy atom. The van der Waals surface area contributed by atoms with Gasteiger partial charge in [0.25, 0.3) is 0 Å². The van der Waals surface area contributed by atoms with E-state index in [9.17, 15) is 0 Å². The first-order chi connectivity index (χ1) is 8.07. The van der Waals surface area contributed by atoms with Crippen molar-refractivity contribution in [1.29, 1.82) is 0 Å². The molecular formula is C13H20N2OS. The van der Waals surface area contributed by atoms with E-state index in [0.717, 1.165) is 17.8 Å². The molecule has 0 radical (unpaired) electrons. The molecule has 1 rings (SSSR count). The average molecular weight is 252 g/mol. The van der Waals surface area contributed by atoms with Crippen LogP contribution in [0.25, 0.3) is 0 Å². The van der Waals surface area contributed by atoms with E-state index >= 15 is 0 Å². The monoisotopic (exact) mass is 252 g/mol. The molecule has 0 aliphatic carbocycles. The van der Waals surface area contributed by atoms with Crippen LogP contribution in [-0.4, -0.2) is 31.3 Å². The minimum atomic E-state index is 0.376. The molecule has 0 atom stereocenters. The zero-order valence-corrected chi connectivity index (χ0v) is 11.5. The number of hydrogen-bond acceptors (Lipinski definition) is 3. The molecule has 0 aliphatic rings. The second-order valence-corrected chi connectivity index (χ2v) is 4.60. The lowest BCUT2D eigenvalue weighted by atomic mass is 10.1. The topological polar surface area (TPSA) is 38.5 Å². The SMILES string of the molecule is COCCN(c1ccccc1C(N)=S)C(C)C. The maximum Gasteiger partial charge on any atom is 0.106 e. The van der Waals surface area contributed by atoms with Gasteiger partial charge in [0.05, 0.1) is 6.61 Å². The molecular weight excluding hydrogens is 232 g/mol. The summed E-state index contributed by atoms with van der Waals surface area (Å²) in [4.78, 5) is 2.68. The predicted octanol–water partition coefficient (Wildman–Crippen LogP) is 2.18. The fourth-order valence-corrected chi connectivity index (χ4v) is 1.95. The van der Waals surface area contributed by atoms with Crippen LogP contribution in [0.1, 0.15) is 19.4 Å². The fraction of sp³-hybridized carbons (Fsp3) is 0.462. The zero-order valence-electron chi connectivity index (χ0n) is 10.6. The van der Waals surface area contributed by atoms with Crippen molar-refractivity contribution >= 4 is 22.9 Å². The van der Waals surface area contributed by atoms with Crippen LogP contribution in [0.3, 0.4) is 0 Å². The van der Waals surface area contributed by atoms with Crippen LogP contribution in [-0.2, 0) is 4.74 Å². The number of rotatable bonds is 6. The Bertz CT molecular complexity index is 379. The van der Waals surface area contributed by atoms with Crippen molar-refractivity contribution in [2.45, 2.75) is 19.9 Å². The summed E-state index contributed by atoms with van der Waals surface area (Å²) in [5.74, 6) is 0. The number of anilines is 1. The van der Waals surface area contributed by atoms with Crippen molar-refractivity contribution in [2.75, 3.05) is 25.2 Å². The third-order valence-electron chi connectivity index (χ3n) is 2.64. The summed E-state index contributed by atoms with van der Waals surface area (Å²) in [5.41, 5.74) is 7.75. The van der Waals surface area contributed by atoms with Crippen LogP contribution >= 0.6 is 12.2 Å². The number of nitrogens with two attached hydrogens (primary N) is 1. The highest BCUT2D eigenvalue weighted by atomic mass is 32.1. The maximum atomic E-state index is 5.75. The Hall–Kier alpha value is -1.13. The van der Waals surface area contributed by atoms with E-state index in [4.69, 9.17) is 22.7 Å². The molecule has 0 spiro atoms. The molecule has 1 aromatic carbocycles. The van der Waals surface area contributed by atoms with Gasteiger partial charge in [-0.3, -0.25) is 0 Å². The lowest BCUT2D eigenvalue weighted by molar-refractivity contribution is 0.204. The number of hydrogen-bond donors (Lipinski definition) is 1. The van der Waals surface area contributed by atoms with Crippen molar-refractivity contribution in [1.82, 2.24) is 0 Å². The van der Waals surface area contributed by atoms with Gasteiger partial charge in [-0.25, -0.2) is 0 Å². The molecule has 0 unspecified atom stereocenters. The number of benzene rings is 1. The first-order valence-corrected chi connectivity index (χ1v) is 6.13. The van der Waals surface area contributed by atoms with E-state index < -0.39 is 0 Å². The highest BCUT2D eigenvalue weighted by molar-refractivity contribution is 7.80. The molecule has 0 amide bonds. The van der Waals surface area contributed by atoms with Gasteiger partial charge in [0.2, 0.25) is 0 Å². The van der Waals surface area contributed by atoms with E-state index in [-0.39, 0.29) is 0 Å². The minimum absolute atomic E-state index is 0.376. The standard InChI is InChI=1S/C13H20N2OS/c1-10(2)15(8-9-16-3)12-7-5-4-6-11(12)13(14)17/h4-7,10H,8-9H2,1-3H3,(H2,14,17). The molecule has 4 heteroatoms.